The Labute approximate surface area is 171 Å². The third-order valence-electron chi connectivity index (χ3n) is 5.81. The highest BCUT2D eigenvalue weighted by Crippen LogP contribution is 2.29. The SMILES string of the molecule is O=C1CCC(N2C(=O)c3ccc(CNC4CCNCCC4(F)F)cc3C2=O)C(=O)N1. The first-order valence-corrected chi connectivity index (χ1v) is 9.94. The molecule has 160 valence electrons. The van der Waals surface area contributed by atoms with Gasteiger partial charge in [-0.2, -0.15) is 0 Å². The molecule has 30 heavy (non-hydrogen) atoms. The summed E-state index contributed by atoms with van der Waals surface area (Å²) in [4.78, 5) is 49.9. The summed E-state index contributed by atoms with van der Waals surface area (Å²) in [7, 11) is 0. The van der Waals surface area contributed by atoms with Crippen molar-refractivity contribution in [2.24, 2.45) is 0 Å². The molecule has 3 N–H and O–H groups in total. The van der Waals surface area contributed by atoms with E-state index in [9.17, 15) is 28.0 Å². The summed E-state index contributed by atoms with van der Waals surface area (Å²) in [5.74, 6) is -5.16. The van der Waals surface area contributed by atoms with Gasteiger partial charge in [0.2, 0.25) is 11.8 Å². The normalized spacial score (nSPS) is 26.4. The number of nitrogens with zero attached hydrogens (tertiary/aromatic N) is 1. The van der Waals surface area contributed by atoms with Crippen molar-refractivity contribution in [2.75, 3.05) is 13.1 Å². The topological polar surface area (TPSA) is 108 Å². The van der Waals surface area contributed by atoms with Crippen LogP contribution in [0.3, 0.4) is 0 Å². The van der Waals surface area contributed by atoms with Gasteiger partial charge in [-0.15, -0.1) is 0 Å². The van der Waals surface area contributed by atoms with Crippen molar-refractivity contribution in [3.8, 4) is 0 Å². The van der Waals surface area contributed by atoms with Gasteiger partial charge in [0.1, 0.15) is 6.04 Å². The summed E-state index contributed by atoms with van der Waals surface area (Å²) in [5, 5.41) is 7.97. The number of amides is 4. The summed E-state index contributed by atoms with van der Waals surface area (Å²) in [5.41, 5.74) is 0.892. The number of alkyl halides is 2. The molecular formula is C20H22F2N4O4. The number of rotatable bonds is 4. The Morgan fingerprint density at radius 3 is 2.60 bits per heavy atom. The van der Waals surface area contributed by atoms with E-state index in [1.54, 1.807) is 6.07 Å². The molecule has 3 aliphatic rings. The first-order valence-electron chi connectivity index (χ1n) is 9.94. The smallest absolute Gasteiger partial charge is 0.264 e. The molecule has 3 aliphatic heterocycles. The third-order valence-corrected chi connectivity index (χ3v) is 5.81. The minimum atomic E-state index is -2.84. The van der Waals surface area contributed by atoms with E-state index in [-0.39, 0.29) is 49.9 Å². The van der Waals surface area contributed by atoms with E-state index >= 15 is 0 Å². The molecule has 2 unspecified atom stereocenters. The monoisotopic (exact) mass is 420 g/mol. The van der Waals surface area contributed by atoms with Gasteiger partial charge in [0.25, 0.3) is 17.7 Å². The molecular weight excluding hydrogens is 398 g/mol. The molecule has 0 bridgehead atoms. The maximum absolute atomic E-state index is 14.2. The number of imide groups is 2. The van der Waals surface area contributed by atoms with Gasteiger partial charge >= 0.3 is 0 Å². The Morgan fingerprint density at radius 2 is 1.83 bits per heavy atom. The molecule has 0 aromatic heterocycles. The van der Waals surface area contributed by atoms with Crippen molar-refractivity contribution in [3.63, 3.8) is 0 Å². The Hall–Kier alpha value is -2.72. The average Bonchev–Trinajstić information content (AvgIpc) is 2.82. The first kappa shape index (κ1) is 20.5. The Bertz CT molecular complexity index is 920. The van der Waals surface area contributed by atoms with Gasteiger partial charge in [0.15, 0.2) is 0 Å². The van der Waals surface area contributed by atoms with Crippen molar-refractivity contribution in [1.29, 1.82) is 0 Å². The van der Waals surface area contributed by atoms with Crippen LogP contribution in [-0.4, -0.2) is 59.6 Å². The van der Waals surface area contributed by atoms with E-state index in [1.165, 1.54) is 12.1 Å². The van der Waals surface area contributed by atoms with Gasteiger partial charge in [-0.25, -0.2) is 8.78 Å². The predicted octanol–water partition coefficient (Wildman–Crippen LogP) is 0.565. The van der Waals surface area contributed by atoms with Crippen LogP contribution in [0.4, 0.5) is 8.78 Å². The zero-order chi connectivity index (χ0) is 21.5. The summed E-state index contributed by atoms with van der Waals surface area (Å²) in [6, 6.07) is 2.57. The van der Waals surface area contributed by atoms with E-state index in [0.717, 1.165) is 4.90 Å². The number of piperidine rings is 1. The zero-order valence-corrected chi connectivity index (χ0v) is 16.2. The number of benzene rings is 1. The maximum atomic E-state index is 14.2. The van der Waals surface area contributed by atoms with Crippen LogP contribution >= 0.6 is 0 Å². The minimum Gasteiger partial charge on any atom is -0.316 e. The highest BCUT2D eigenvalue weighted by atomic mass is 19.3. The maximum Gasteiger partial charge on any atom is 0.264 e. The Morgan fingerprint density at radius 1 is 1.07 bits per heavy atom. The predicted molar refractivity (Wildman–Crippen MR) is 101 cm³/mol. The fraction of sp³-hybridized carbons (Fsp3) is 0.500. The molecule has 4 rings (SSSR count). The Kier molecular flexibility index (Phi) is 5.37. The zero-order valence-electron chi connectivity index (χ0n) is 16.2. The van der Waals surface area contributed by atoms with Crippen LogP contribution in [0.5, 0.6) is 0 Å². The van der Waals surface area contributed by atoms with Crippen molar-refractivity contribution in [1.82, 2.24) is 20.9 Å². The van der Waals surface area contributed by atoms with Crippen molar-refractivity contribution < 1.29 is 28.0 Å². The lowest BCUT2D eigenvalue weighted by atomic mass is 10.0. The van der Waals surface area contributed by atoms with Crippen LogP contribution in [-0.2, 0) is 16.1 Å². The Balaban J connectivity index is 1.49. The fourth-order valence-corrected chi connectivity index (χ4v) is 4.13. The molecule has 2 saturated heterocycles. The molecule has 2 atom stereocenters. The second-order valence-electron chi connectivity index (χ2n) is 7.81. The molecule has 8 nitrogen and oxygen atoms in total. The van der Waals surface area contributed by atoms with E-state index in [2.05, 4.69) is 16.0 Å². The van der Waals surface area contributed by atoms with Crippen LogP contribution in [0.15, 0.2) is 18.2 Å². The van der Waals surface area contributed by atoms with Crippen molar-refractivity contribution in [3.05, 3.63) is 34.9 Å². The lowest BCUT2D eigenvalue weighted by molar-refractivity contribution is -0.136. The molecule has 0 spiro atoms. The summed E-state index contributed by atoms with van der Waals surface area (Å²) >= 11 is 0. The highest BCUT2D eigenvalue weighted by Gasteiger charge is 2.45. The van der Waals surface area contributed by atoms with Crippen LogP contribution < -0.4 is 16.0 Å². The van der Waals surface area contributed by atoms with Crippen LogP contribution in [0.2, 0.25) is 0 Å². The van der Waals surface area contributed by atoms with E-state index in [0.29, 0.717) is 12.1 Å². The van der Waals surface area contributed by atoms with Crippen molar-refractivity contribution in [2.45, 2.75) is 50.2 Å². The standard InChI is InChI=1S/C20H22F2N4O4/c21-20(22)6-8-23-7-5-15(20)24-10-11-1-2-12-13(9-11)19(30)26(18(12)29)14-3-4-16(27)25-17(14)28/h1-2,9,14-15,23-24H,3-8,10H2,(H,25,27,28). The number of hydrogen-bond acceptors (Lipinski definition) is 6. The van der Waals surface area contributed by atoms with Gasteiger partial charge in [0.05, 0.1) is 17.2 Å². The van der Waals surface area contributed by atoms with E-state index < -0.39 is 41.6 Å². The number of halogens is 2. The second kappa shape index (κ2) is 7.84. The molecule has 2 fully saturated rings. The van der Waals surface area contributed by atoms with E-state index in [4.69, 9.17) is 0 Å². The van der Waals surface area contributed by atoms with Crippen LogP contribution in [0, 0.1) is 0 Å². The number of nitrogens with one attached hydrogen (secondary N) is 3. The molecule has 4 amide bonds. The van der Waals surface area contributed by atoms with Crippen LogP contribution in [0.1, 0.15) is 52.0 Å². The number of hydrogen-bond donors (Lipinski definition) is 3. The lowest BCUT2D eigenvalue weighted by Crippen LogP contribution is -2.54. The van der Waals surface area contributed by atoms with Gasteiger partial charge in [-0.05, 0) is 37.1 Å². The minimum absolute atomic E-state index is 0.0451. The summed E-state index contributed by atoms with van der Waals surface area (Å²) in [6.07, 6.45) is 0.153. The van der Waals surface area contributed by atoms with E-state index in [1.807, 2.05) is 0 Å². The summed E-state index contributed by atoms with van der Waals surface area (Å²) in [6.45, 7) is 0.871. The van der Waals surface area contributed by atoms with Gasteiger partial charge < -0.3 is 10.6 Å². The summed E-state index contributed by atoms with van der Waals surface area (Å²) < 4.78 is 28.4. The number of fused-ring (bicyclic) bond motifs is 1. The largest absolute Gasteiger partial charge is 0.316 e. The van der Waals surface area contributed by atoms with Gasteiger partial charge in [-0.1, -0.05) is 6.07 Å². The molecule has 1 aromatic carbocycles. The van der Waals surface area contributed by atoms with Gasteiger partial charge in [-0.3, -0.25) is 29.4 Å². The molecule has 0 aliphatic carbocycles. The van der Waals surface area contributed by atoms with Gasteiger partial charge in [0, 0.05) is 25.9 Å². The lowest BCUT2D eigenvalue weighted by Gasteiger charge is -2.27. The molecule has 10 heteroatoms. The first-order chi connectivity index (χ1) is 14.3. The average molecular weight is 420 g/mol. The molecule has 1 aromatic rings. The number of carbonyl (C=O) groups is 4. The molecule has 0 saturated carbocycles. The van der Waals surface area contributed by atoms with Crippen molar-refractivity contribution >= 4 is 23.6 Å². The van der Waals surface area contributed by atoms with Crippen LogP contribution in [0.25, 0.3) is 0 Å². The quantitative estimate of drug-likeness (QED) is 0.615. The fourth-order valence-electron chi connectivity index (χ4n) is 4.13. The number of carbonyl (C=O) groups excluding carboxylic acids is 4. The molecule has 3 heterocycles. The molecule has 0 radical (unpaired) electrons. The second-order valence-corrected chi connectivity index (χ2v) is 7.81. The third kappa shape index (κ3) is 3.72. The highest BCUT2D eigenvalue weighted by molar-refractivity contribution is 6.23.